The molecule has 0 atom stereocenters. The van der Waals surface area contributed by atoms with Crippen LogP contribution in [0.5, 0.6) is 0 Å². The van der Waals surface area contributed by atoms with Crippen molar-refractivity contribution in [3.63, 3.8) is 0 Å². The third-order valence-corrected chi connectivity index (χ3v) is 5.61. The molecule has 0 aliphatic carbocycles. The number of nitrogens with zero attached hydrogens (tertiary/aromatic N) is 1. The van der Waals surface area contributed by atoms with Crippen molar-refractivity contribution in [1.82, 2.24) is 4.72 Å². The molecular formula is C20H20N4O6S. The summed E-state index contributed by atoms with van der Waals surface area (Å²) in [5, 5.41) is 16.5. The molecule has 3 aromatic rings. The smallest absolute Gasteiger partial charge is 0.292 e. The van der Waals surface area contributed by atoms with E-state index < -0.39 is 14.9 Å². The zero-order valence-electron chi connectivity index (χ0n) is 16.3. The van der Waals surface area contributed by atoms with Gasteiger partial charge in [-0.05, 0) is 36.4 Å². The lowest BCUT2D eigenvalue weighted by molar-refractivity contribution is -0.384. The van der Waals surface area contributed by atoms with E-state index in [-0.39, 0.29) is 36.0 Å². The minimum atomic E-state index is -3.80. The topological polar surface area (TPSA) is 144 Å². The van der Waals surface area contributed by atoms with Gasteiger partial charge in [0, 0.05) is 24.7 Å². The van der Waals surface area contributed by atoms with Crippen LogP contribution in [0.3, 0.4) is 0 Å². The predicted octanol–water partition coefficient (Wildman–Crippen LogP) is 3.11. The van der Waals surface area contributed by atoms with E-state index in [2.05, 4.69) is 15.4 Å². The number of sulfonamides is 1. The Kier molecular flexibility index (Phi) is 7.00. The number of para-hydroxylation sites is 2. The van der Waals surface area contributed by atoms with Crippen LogP contribution in [0.2, 0.25) is 0 Å². The van der Waals surface area contributed by atoms with E-state index in [1.807, 2.05) is 0 Å². The van der Waals surface area contributed by atoms with E-state index in [0.29, 0.717) is 17.1 Å². The Labute approximate surface area is 178 Å². The number of hydrogen-bond donors (Lipinski definition) is 3. The van der Waals surface area contributed by atoms with Crippen molar-refractivity contribution in [2.24, 2.45) is 0 Å². The molecule has 0 bridgehead atoms. The minimum Gasteiger partial charge on any atom is -0.468 e. The summed E-state index contributed by atoms with van der Waals surface area (Å²) in [6.07, 6.45) is 1.48. The quantitative estimate of drug-likeness (QED) is 0.322. The Morgan fingerprint density at radius 1 is 1.06 bits per heavy atom. The van der Waals surface area contributed by atoms with Gasteiger partial charge in [-0.2, -0.15) is 0 Å². The highest BCUT2D eigenvalue weighted by Gasteiger charge is 2.16. The number of nitro benzene ring substituents is 1. The van der Waals surface area contributed by atoms with Gasteiger partial charge in [-0.3, -0.25) is 14.9 Å². The maximum absolute atomic E-state index is 12.5. The van der Waals surface area contributed by atoms with Gasteiger partial charge in [-0.25, -0.2) is 13.1 Å². The number of furan rings is 1. The fourth-order valence-electron chi connectivity index (χ4n) is 2.72. The zero-order chi connectivity index (χ0) is 22.3. The molecule has 0 fully saturated rings. The molecule has 1 aromatic heterocycles. The molecule has 0 aliphatic rings. The first-order chi connectivity index (χ1) is 14.8. The molecule has 1 heterocycles. The summed E-state index contributed by atoms with van der Waals surface area (Å²) >= 11 is 0. The van der Waals surface area contributed by atoms with Gasteiger partial charge >= 0.3 is 0 Å². The number of carbonyl (C=O) groups is 1. The molecule has 162 valence electrons. The van der Waals surface area contributed by atoms with Crippen LogP contribution in [-0.2, 0) is 21.4 Å². The fourth-order valence-corrected chi connectivity index (χ4v) is 3.76. The van der Waals surface area contributed by atoms with Crippen molar-refractivity contribution in [2.45, 2.75) is 17.9 Å². The second-order valence-electron chi connectivity index (χ2n) is 6.43. The van der Waals surface area contributed by atoms with Crippen molar-refractivity contribution in [3.8, 4) is 0 Å². The molecule has 0 spiro atoms. The molecule has 3 rings (SSSR count). The average molecular weight is 444 g/mol. The van der Waals surface area contributed by atoms with Crippen LogP contribution in [0.4, 0.5) is 17.1 Å². The van der Waals surface area contributed by atoms with Crippen LogP contribution >= 0.6 is 0 Å². The lowest BCUT2D eigenvalue weighted by Gasteiger charge is -2.10. The molecule has 0 aliphatic heterocycles. The van der Waals surface area contributed by atoms with E-state index >= 15 is 0 Å². The highest BCUT2D eigenvalue weighted by atomic mass is 32.2. The molecule has 0 saturated carbocycles. The van der Waals surface area contributed by atoms with Crippen molar-refractivity contribution >= 4 is 33.0 Å². The molecule has 11 heteroatoms. The standard InChI is InChI=1S/C20H20N4O6S/c25-20(10-11-21-18-8-1-2-9-19(18)24(26)27)23-15-5-3-7-17(13-15)31(28,29)22-14-16-6-4-12-30-16/h1-9,12-13,21-22H,10-11,14H2,(H,23,25). The summed E-state index contributed by atoms with van der Waals surface area (Å²) in [6.45, 7) is 0.169. The molecule has 0 radical (unpaired) electrons. The van der Waals surface area contributed by atoms with Gasteiger partial charge in [-0.1, -0.05) is 18.2 Å². The molecule has 1 amide bonds. The molecule has 3 N–H and O–H groups in total. The first-order valence-corrected chi connectivity index (χ1v) is 10.7. The summed E-state index contributed by atoms with van der Waals surface area (Å²) in [4.78, 5) is 22.7. The Morgan fingerprint density at radius 3 is 2.61 bits per heavy atom. The van der Waals surface area contributed by atoms with E-state index in [1.54, 1.807) is 36.4 Å². The summed E-state index contributed by atoms with van der Waals surface area (Å²) in [5.41, 5.74) is 0.551. The monoisotopic (exact) mass is 444 g/mol. The number of anilines is 2. The number of nitro groups is 1. The predicted molar refractivity (Wildman–Crippen MR) is 114 cm³/mol. The van der Waals surface area contributed by atoms with Crippen LogP contribution in [-0.4, -0.2) is 25.8 Å². The summed E-state index contributed by atoms with van der Waals surface area (Å²) in [6, 6.07) is 15.3. The maximum Gasteiger partial charge on any atom is 0.292 e. The van der Waals surface area contributed by atoms with Crippen LogP contribution < -0.4 is 15.4 Å². The zero-order valence-corrected chi connectivity index (χ0v) is 17.1. The Balaban J connectivity index is 1.55. The van der Waals surface area contributed by atoms with E-state index in [4.69, 9.17) is 4.42 Å². The normalized spacial score (nSPS) is 11.1. The third-order valence-electron chi connectivity index (χ3n) is 4.21. The fraction of sp³-hybridized carbons (Fsp3) is 0.150. The van der Waals surface area contributed by atoms with Gasteiger partial charge in [0.25, 0.3) is 5.69 Å². The van der Waals surface area contributed by atoms with Crippen LogP contribution in [0.25, 0.3) is 0 Å². The number of hydrogen-bond acceptors (Lipinski definition) is 7. The van der Waals surface area contributed by atoms with Crippen molar-refractivity contribution < 1.29 is 22.6 Å². The Morgan fingerprint density at radius 2 is 1.87 bits per heavy atom. The van der Waals surface area contributed by atoms with E-state index in [0.717, 1.165) is 0 Å². The Hall–Kier alpha value is -3.70. The maximum atomic E-state index is 12.5. The summed E-state index contributed by atoms with van der Waals surface area (Å²) < 4.78 is 32.4. The highest BCUT2D eigenvalue weighted by molar-refractivity contribution is 7.89. The summed E-state index contributed by atoms with van der Waals surface area (Å²) in [7, 11) is -3.80. The van der Waals surface area contributed by atoms with Crippen LogP contribution in [0.15, 0.2) is 76.2 Å². The minimum absolute atomic E-state index is 0.00319. The number of nitrogens with one attached hydrogen (secondary N) is 3. The van der Waals surface area contributed by atoms with Gasteiger partial charge in [0.15, 0.2) is 0 Å². The Bertz CT molecular complexity index is 1160. The lowest BCUT2D eigenvalue weighted by Crippen LogP contribution is -2.23. The number of benzene rings is 2. The van der Waals surface area contributed by atoms with Gasteiger partial charge in [0.2, 0.25) is 15.9 Å². The largest absolute Gasteiger partial charge is 0.468 e. The molecule has 2 aromatic carbocycles. The van der Waals surface area contributed by atoms with Gasteiger partial charge in [0.1, 0.15) is 11.4 Å². The highest BCUT2D eigenvalue weighted by Crippen LogP contribution is 2.23. The summed E-state index contributed by atoms with van der Waals surface area (Å²) in [5.74, 6) is 0.100. The van der Waals surface area contributed by atoms with Crippen molar-refractivity contribution in [2.75, 3.05) is 17.2 Å². The van der Waals surface area contributed by atoms with E-state index in [9.17, 15) is 23.3 Å². The van der Waals surface area contributed by atoms with Gasteiger partial charge in [-0.15, -0.1) is 0 Å². The average Bonchev–Trinajstić information content (AvgIpc) is 3.26. The van der Waals surface area contributed by atoms with Crippen molar-refractivity contribution in [3.05, 3.63) is 82.8 Å². The molecule has 0 unspecified atom stereocenters. The second-order valence-corrected chi connectivity index (χ2v) is 8.20. The van der Waals surface area contributed by atoms with E-state index in [1.165, 1.54) is 30.5 Å². The first kappa shape index (κ1) is 22.0. The molecular weight excluding hydrogens is 424 g/mol. The van der Waals surface area contributed by atoms with Gasteiger partial charge < -0.3 is 15.1 Å². The molecule has 31 heavy (non-hydrogen) atoms. The van der Waals surface area contributed by atoms with Crippen LogP contribution in [0, 0.1) is 10.1 Å². The first-order valence-electron chi connectivity index (χ1n) is 9.24. The van der Waals surface area contributed by atoms with Crippen molar-refractivity contribution in [1.29, 1.82) is 0 Å². The SMILES string of the molecule is O=C(CCNc1ccccc1[N+](=O)[O-])Nc1cccc(S(=O)(=O)NCc2ccco2)c1. The number of carbonyl (C=O) groups excluding carboxylic acids is 1. The molecule has 0 saturated heterocycles. The second kappa shape index (κ2) is 9.87. The number of rotatable bonds is 10. The lowest BCUT2D eigenvalue weighted by atomic mass is 10.2. The number of amides is 1. The third kappa shape index (κ3) is 6.14. The van der Waals surface area contributed by atoms with Crippen LogP contribution in [0.1, 0.15) is 12.2 Å². The van der Waals surface area contributed by atoms with Gasteiger partial charge in [0.05, 0.1) is 22.6 Å². The molecule has 10 nitrogen and oxygen atoms in total.